The molecule has 4 heteroatoms. The molecule has 0 amide bonds. The lowest BCUT2D eigenvalue weighted by molar-refractivity contribution is 0.626. The van der Waals surface area contributed by atoms with Crippen LogP contribution in [0.25, 0.3) is 5.69 Å². The molecular weight excluding hydrogens is 265 g/mol. The molecule has 0 fully saturated rings. The molecule has 1 heterocycles. The molecule has 0 spiro atoms. The van der Waals surface area contributed by atoms with Crippen LogP contribution in [0.3, 0.4) is 0 Å². The molecule has 0 aliphatic carbocycles. The van der Waals surface area contributed by atoms with Crippen molar-refractivity contribution in [3.63, 3.8) is 0 Å². The average Bonchev–Trinajstić information content (AvgIpc) is 3.02. The van der Waals surface area contributed by atoms with Crippen molar-refractivity contribution in [1.82, 2.24) is 9.78 Å². The van der Waals surface area contributed by atoms with E-state index in [1.165, 1.54) is 12.1 Å². The predicted octanol–water partition coefficient (Wildman–Crippen LogP) is 4.18. The van der Waals surface area contributed by atoms with Crippen molar-refractivity contribution >= 4 is 5.69 Å². The summed E-state index contributed by atoms with van der Waals surface area (Å²) in [6.07, 6.45) is 3.66. The lowest BCUT2D eigenvalue weighted by Crippen LogP contribution is -2.07. The maximum atomic E-state index is 13.0. The average molecular weight is 281 g/mol. The molecule has 21 heavy (non-hydrogen) atoms. The van der Waals surface area contributed by atoms with Gasteiger partial charge >= 0.3 is 0 Å². The Bertz CT molecular complexity index is 705. The van der Waals surface area contributed by atoms with Crippen molar-refractivity contribution in [2.75, 3.05) is 5.32 Å². The van der Waals surface area contributed by atoms with E-state index < -0.39 is 0 Å². The molecule has 1 unspecified atom stereocenters. The predicted molar refractivity (Wildman–Crippen MR) is 82.0 cm³/mol. The summed E-state index contributed by atoms with van der Waals surface area (Å²) >= 11 is 0. The molecule has 2 aromatic carbocycles. The van der Waals surface area contributed by atoms with Gasteiger partial charge in [-0.05, 0) is 48.9 Å². The summed E-state index contributed by atoms with van der Waals surface area (Å²) in [5, 5.41) is 7.64. The van der Waals surface area contributed by atoms with Crippen LogP contribution in [0.2, 0.25) is 0 Å². The van der Waals surface area contributed by atoms with Crippen molar-refractivity contribution in [3.05, 3.63) is 78.4 Å². The van der Waals surface area contributed by atoms with Gasteiger partial charge in [0, 0.05) is 24.1 Å². The molecule has 0 aliphatic heterocycles. The summed E-state index contributed by atoms with van der Waals surface area (Å²) in [5.74, 6) is -0.216. The third-order valence-corrected chi connectivity index (χ3v) is 3.37. The van der Waals surface area contributed by atoms with Gasteiger partial charge in [0.05, 0.1) is 5.69 Å². The van der Waals surface area contributed by atoms with Crippen molar-refractivity contribution in [2.24, 2.45) is 0 Å². The molecule has 3 aromatic rings. The van der Waals surface area contributed by atoms with E-state index in [0.717, 1.165) is 16.9 Å². The van der Waals surface area contributed by atoms with Gasteiger partial charge in [0.2, 0.25) is 0 Å². The fourth-order valence-electron chi connectivity index (χ4n) is 2.24. The maximum absolute atomic E-state index is 13.0. The molecule has 3 nitrogen and oxygen atoms in total. The van der Waals surface area contributed by atoms with Gasteiger partial charge in [0.25, 0.3) is 0 Å². The van der Waals surface area contributed by atoms with Crippen LogP contribution < -0.4 is 5.32 Å². The minimum Gasteiger partial charge on any atom is -0.378 e. The molecule has 1 atom stereocenters. The Labute approximate surface area is 123 Å². The van der Waals surface area contributed by atoms with Gasteiger partial charge in [-0.3, -0.25) is 0 Å². The van der Waals surface area contributed by atoms with E-state index in [1.807, 2.05) is 48.1 Å². The first-order valence-corrected chi connectivity index (χ1v) is 6.84. The van der Waals surface area contributed by atoms with Crippen LogP contribution in [0.1, 0.15) is 18.5 Å². The van der Waals surface area contributed by atoms with Crippen molar-refractivity contribution in [3.8, 4) is 5.69 Å². The number of anilines is 1. The highest BCUT2D eigenvalue weighted by Gasteiger charge is 2.06. The van der Waals surface area contributed by atoms with Crippen LogP contribution >= 0.6 is 0 Å². The Balaban J connectivity index is 1.78. The zero-order valence-electron chi connectivity index (χ0n) is 11.7. The molecule has 3 rings (SSSR count). The molecule has 0 radical (unpaired) electrons. The van der Waals surface area contributed by atoms with E-state index in [1.54, 1.807) is 18.3 Å². The number of benzene rings is 2. The largest absolute Gasteiger partial charge is 0.378 e. The summed E-state index contributed by atoms with van der Waals surface area (Å²) < 4.78 is 14.8. The highest BCUT2D eigenvalue weighted by Crippen LogP contribution is 2.21. The second-order valence-corrected chi connectivity index (χ2v) is 4.92. The number of rotatable bonds is 4. The number of halogens is 1. The molecule has 0 bridgehead atoms. The number of hydrogen-bond donors (Lipinski definition) is 1. The minimum absolute atomic E-state index is 0.0958. The molecule has 1 N–H and O–H groups in total. The Kier molecular flexibility index (Phi) is 3.69. The lowest BCUT2D eigenvalue weighted by Gasteiger charge is -2.16. The fraction of sp³-hybridized carbons (Fsp3) is 0.118. The number of hydrogen-bond acceptors (Lipinski definition) is 2. The summed E-state index contributed by atoms with van der Waals surface area (Å²) in [6, 6.07) is 16.6. The van der Waals surface area contributed by atoms with Gasteiger partial charge in [0.1, 0.15) is 5.82 Å². The van der Waals surface area contributed by atoms with Gasteiger partial charge < -0.3 is 5.32 Å². The molecule has 1 aromatic heterocycles. The van der Waals surface area contributed by atoms with Gasteiger partial charge in [-0.15, -0.1) is 0 Å². The summed E-state index contributed by atoms with van der Waals surface area (Å²) in [4.78, 5) is 0. The third kappa shape index (κ3) is 3.11. The van der Waals surface area contributed by atoms with Crippen molar-refractivity contribution < 1.29 is 4.39 Å². The molecular formula is C17H16FN3. The second kappa shape index (κ2) is 5.79. The van der Waals surface area contributed by atoms with Crippen LogP contribution in [0.15, 0.2) is 67.0 Å². The zero-order chi connectivity index (χ0) is 14.7. The first-order valence-electron chi connectivity index (χ1n) is 6.84. The van der Waals surface area contributed by atoms with E-state index in [2.05, 4.69) is 10.4 Å². The summed E-state index contributed by atoms with van der Waals surface area (Å²) in [6.45, 7) is 2.05. The summed E-state index contributed by atoms with van der Waals surface area (Å²) in [5.41, 5.74) is 3.04. The third-order valence-electron chi connectivity index (χ3n) is 3.37. The first kappa shape index (κ1) is 13.4. The van der Waals surface area contributed by atoms with Gasteiger partial charge in [0.15, 0.2) is 0 Å². The quantitative estimate of drug-likeness (QED) is 0.777. The minimum atomic E-state index is -0.216. The van der Waals surface area contributed by atoms with Crippen LogP contribution in [0.5, 0.6) is 0 Å². The van der Waals surface area contributed by atoms with E-state index >= 15 is 0 Å². The van der Waals surface area contributed by atoms with Crippen LogP contribution in [0.4, 0.5) is 10.1 Å². The Morgan fingerprint density at radius 1 is 1.10 bits per heavy atom. The Morgan fingerprint density at radius 3 is 2.62 bits per heavy atom. The molecule has 0 saturated carbocycles. The highest BCUT2D eigenvalue weighted by molar-refractivity contribution is 5.52. The van der Waals surface area contributed by atoms with Crippen molar-refractivity contribution in [1.29, 1.82) is 0 Å². The van der Waals surface area contributed by atoms with E-state index in [4.69, 9.17) is 0 Å². The smallest absolute Gasteiger partial charge is 0.123 e. The highest BCUT2D eigenvalue weighted by atomic mass is 19.1. The number of aromatic nitrogens is 2. The van der Waals surface area contributed by atoms with E-state index in [0.29, 0.717) is 0 Å². The number of nitrogens with zero attached hydrogens (tertiary/aromatic N) is 2. The zero-order valence-corrected chi connectivity index (χ0v) is 11.7. The van der Waals surface area contributed by atoms with Gasteiger partial charge in [-0.1, -0.05) is 18.2 Å². The van der Waals surface area contributed by atoms with E-state index in [9.17, 15) is 4.39 Å². The van der Waals surface area contributed by atoms with Crippen molar-refractivity contribution in [2.45, 2.75) is 13.0 Å². The van der Waals surface area contributed by atoms with E-state index in [-0.39, 0.29) is 11.9 Å². The van der Waals surface area contributed by atoms with Crippen LogP contribution in [0, 0.1) is 5.82 Å². The van der Waals surface area contributed by atoms with Gasteiger partial charge in [-0.2, -0.15) is 5.10 Å². The lowest BCUT2D eigenvalue weighted by atomic mass is 10.1. The Hall–Kier alpha value is -2.62. The second-order valence-electron chi connectivity index (χ2n) is 4.92. The first-order chi connectivity index (χ1) is 10.2. The molecule has 106 valence electrons. The normalized spacial score (nSPS) is 12.1. The Morgan fingerprint density at radius 2 is 1.90 bits per heavy atom. The topological polar surface area (TPSA) is 29.9 Å². The molecule has 0 saturated heterocycles. The summed E-state index contributed by atoms with van der Waals surface area (Å²) in [7, 11) is 0. The monoisotopic (exact) mass is 281 g/mol. The van der Waals surface area contributed by atoms with Gasteiger partial charge in [-0.25, -0.2) is 9.07 Å². The standard InChI is InChI=1S/C17H16FN3/c1-13(14-6-8-15(18)9-7-14)20-16-4-2-5-17(12-16)21-11-3-10-19-21/h2-13,20H,1H3. The maximum Gasteiger partial charge on any atom is 0.123 e. The van der Waals surface area contributed by atoms with Crippen LogP contribution in [-0.4, -0.2) is 9.78 Å². The number of nitrogens with one attached hydrogen (secondary N) is 1. The SMILES string of the molecule is CC(Nc1cccc(-n2cccn2)c1)c1ccc(F)cc1. The van der Waals surface area contributed by atoms with Crippen LogP contribution in [-0.2, 0) is 0 Å². The fourth-order valence-corrected chi connectivity index (χ4v) is 2.24. The molecule has 0 aliphatic rings.